The van der Waals surface area contributed by atoms with Crippen molar-refractivity contribution < 1.29 is 19.6 Å². The Bertz CT molecular complexity index is 731. The van der Waals surface area contributed by atoms with Gasteiger partial charge in [0.2, 0.25) is 0 Å². The SMILES string of the molecule is O=C(Nc1nccnc1C(=O)O)c1cccc([N+](=O)[O-])c1. The van der Waals surface area contributed by atoms with E-state index in [4.69, 9.17) is 5.11 Å². The number of non-ortho nitro benzene ring substituents is 1. The van der Waals surface area contributed by atoms with Crippen LogP contribution < -0.4 is 5.32 Å². The van der Waals surface area contributed by atoms with Gasteiger partial charge in [0, 0.05) is 30.1 Å². The molecule has 2 N–H and O–H groups in total. The Labute approximate surface area is 117 Å². The van der Waals surface area contributed by atoms with E-state index in [0.717, 1.165) is 6.07 Å². The van der Waals surface area contributed by atoms with Crippen LogP contribution in [0, 0.1) is 10.1 Å². The lowest BCUT2D eigenvalue weighted by atomic mass is 10.2. The van der Waals surface area contributed by atoms with Crippen LogP contribution in [0.1, 0.15) is 20.8 Å². The van der Waals surface area contributed by atoms with E-state index >= 15 is 0 Å². The van der Waals surface area contributed by atoms with Gasteiger partial charge >= 0.3 is 5.97 Å². The molecule has 0 radical (unpaired) electrons. The Morgan fingerprint density at radius 2 is 1.95 bits per heavy atom. The first-order valence-electron chi connectivity index (χ1n) is 5.59. The van der Waals surface area contributed by atoms with Gasteiger partial charge in [-0.2, -0.15) is 0 Å². The molecule has 1 aromatic carbocycles. The van der Waals surface area contributed by atoms with E-state index in [1.54, 1.807) is 0 Å². The lowest BCUT2D eigenvalue weighted by Crippen LogP contribution is -2.17. The Kier molecular flexibility index (Phi) is 3.84. The number of carboxylic acid groups (broad SMARTS) is 1. The molecule has 2 aromatic rings. The Morgan fingerprint density at radius 3 is 2.62 bits per heavy atom. The standard InChI is InChI=1S/C12H8N4O5/c17-11(7-2-1-3-8(6-7)16(20)21)15-10-9(12(18)19)13-4-5-14-10/h1-6H,(H,18,19)(H,14,15,17). The van der Waals surface area contributed by atoms with Crippen molar-refractivity contribution in [2.75, 3.05) is 5.32 Å². The fourth-order valence-electron chi connectivity index (χ4n) is 1.53. The van der Waals surface area contributed by atoms with Gasteiger partial charge in [-0.15, -0.1) is 0 Å². The molecular weight excluding hydrogens is 280 g/mol. The largest absolute Gasteiger partial charge is 0.476 e. The number of carbonyl (C=O) groups is 2. The van der Waals surface area contributed by atoms with Gasteiger partial charge in [-0.25, -0.2) is 14.8 Å². The summed E-state index contributed by atoms with van der Waals surface area (Å²) in [4.78, 5) is 40.2. The summed E-state index contributed by atoms with van der Waals surface area (Å²) in [6.45, 7) is 0. The number of nitro groups is 1. The molecule has 0 aliphatic carbocycles. The number of amides is 1. The number of nitrogens with zero attached hydrogens (tertiary/aromatic N) is 3. The number of nitrogens with one attached hydrogen (secondary N) is 1. The predicted molar refractivity (Wildman–Crippen MR) is 70.0 cm³/mol. The van der Waals surface area contributed by atoms with E-state index in [1.807, 2.05) is 0 Å². The van der Waals surface area contributed by atoms with Crippen LogP contribution in [0.3, 0.4) is 0 Å². The highest BCUT2D eigenvalue weighted by atomic mass is 16.6. The minimum absolute atomic E-state index is 0.00573. The van der Waals surface area contributed by atoms with Gasteiger partial charge in [0.1, 0.15) is 0 Å². The van der Waals surface area contributed by atoms with Crippen LogP contribution >= 0.6 is 0 Å². The molecule has 0 unspecified atom stereocenters. The van der Waals surface area contributed by atoms with Crippen molar-refractivity contribution >= 4 is 23.4 Å². The van der Waals surface area contributed by atoms with Crippen LogP contribution in [0.25, 0.3) is 0 Å². The van der Waals surface area contributed by atoms with Crippen molar-refractivity contribution in [2.24, 2.45) is 0 Å². The van der Waals surface area contributed by atoms with Crippen molar-refractivity contribution in [3.63, 3.8) is 0 Å². The van der Waals surface area contributed by atoms with Crippen LogP contribution in [-0.4, -0.2) is 31.9 Å². The zero-order valence-electron chi connectivity index (χ0n) is 10.4. The molecule has 0 fully saturated rings. The third kappa shape index (κ3) is 3.15. The molecule has 1 aromatic heterocycles. The van der Waals surface area contributed by atoms with Crippen molar-refractivity contribution in [3.05, 3.63) is 58.0 Å². The van der Waals surface area contributed by atoms with Crippen molar-refractivity contribution in [1.82, 2.24) is 9.97 Å². The van der Waals surface area contributed by atoms with Crippen LogP contribution in [0.4, 0.5) is 11.5 Å². The number of hydrogen-bond donors (Lipinski definition) is 2. The van der Waals surface area contributed by atoms with Gasteiger partial charge in [0.15, 0.2) is 11.5 Å². The number of benzene rings is 1. The molecule has 1 amide bonds. The Hall–Kier alpha value is -3.36. The van der Waals surface area contributed by atoms with Gasteiger partial charge in [-0.05, 0) is 6.07 Å². The first-order chi connectivity index (χ1) is 9.99. The third-order valence-corrected chi connectivity index (χ3v) is 2.45. The molecule has 0 saturated carbocycles. The first kappa shape index (κ1) is 14.1. The number of rotatable bonds is 4. The zero-order chi connectivity index (χ0) is 15.4. The summed E-state index contributed by atoms with van der Waals surface area (Å²) >= 11 is 0. The van der Waals surface area contributed by atoms with Gasteiger partial charge in [-0.1, -0.05) is 6.07 Å². The maximum atomic E-state index is 12.0. The molecule has 9 nitrogen and oxygen atoms in total. The normalized spacial score (nSPS) is 9.90. The highest BCUT2D eigenvalue weighted by molar-refractivity contribution is 6.06. The maximum absolute atomic E-state index is 12.0. The molecule has 0 bridgehead atoms. The first-order valence-corrected chi connectivity index (χ1v) is 5.59. The molecule has 0 aliphatic heterocycles. The molecule has 106 valence electrons. The molecule has 0 spiro atoms. The van der Waals surface area contributed by atoms with Crippen molar-refractivity contribution in [3.8, 4) is 0 Å². The van der Waals surface area contributed by atoms with Gasteiger partial charge in [-0.3, -0.25) is 14.9 Å². The lowest BCUT2D eigenvalue weighted by Gasteiger charge is -2.06. The quantitative estimate of drug-likeness (QED) is 0.639. The van der Waals surface area contributed by atoms with E-state index in [1.165, 1.54) is 30.6 Å². The Morgan fingerprint density at radius 1 is 1.24 bits per heavy atom. The number of hydrogen-bond acceptors (Lipinski definition) is 6. The monoisotopic (exact) mass is 288 g/mol. The predicted octanol–water partition coefficient (Wildman–Crippen LogP) is 1.34. The summed E-state index contributed by atoms with van der Waals surface area (Å²) in [6, 6.07) is 5.02. The molecule has 0 saturated heterocycles. The molecule has 2 rings (SSSR count). The van der Waals surface area contributed by atoms with Crippen LogP contribution in [0.2, 0.25) is 0 Å². The molecule has 21 heavy (non-hydrogen) atoms. The molecule has 1 heterocycles. The highest BCUT2D eigenvalue weighted by Crippen LogP contribution is 2.15. The molecule has 0 atom stereocenters. The van der Waals surface area contributed by atoms with E-state index in [2.05, 4.69) is 15.3 Å². The molecule has 9 heteroatoms. The van der Waals surface area contributed by atoms with E-state index in [-0.39, 0.29) is 17.1 Å². The lowest BCUT2D eigenvalue weighted by molar-refractivity contribution is -0.384. The summed E-state index contributed by atoms with van der Waals surface area (Å²) in [5, 5.41) is 21.8. The van der Waals surface area contributed by atoms with E-state index in [0.29, 0.717) is 0 Å². The topological polar surface area (TPSA) is 135 Å². The average molecular weight is 288 g/mol. The molecular formula is C12H8N4O5. The number of anilines is 1. The van der Waals surface area contributed by atoms with Crippen molar-refractivity contribution in [2.45, 2.75) is 0 Å². The maximum Gasteiger partial charge on any atom is 0.358 e. The number of aromatic nitrogens is 2. The summed E-state index contributed by atoms with van der Waals surface area (Å²) in [6.07, 6.45) is 2.39. The summed E-state index contributed by atoms with van der Waals surface area (Å²) in [7, 11) is 0. The minimum atomic E-state index is -1.35. The van der Waals surface area contributed by atoms with Crippen LogP contribution in [0.5, 0.6) is 0 Å². The number of nitro benzene ring substituents is 1. The van der Waals surface area contributed by atoms with Gasteiger partial charge in [0.05, 0.1) is 4.92 Å². The number of aromatic carboxylic acids is 1. The second-order valence-corrected chi connectivity index (χ2v) is 3.82. The highest BCUT2D eigenvalue weighted by Gasteiger charge is 2.17. The zero-order valence-corrected chi connectivity index (χ0v) is 10.4. The van der Waals surface area contributed by atoms with Crippen LogP contribution in [0.15, 0.2) is 36.7 Å². The number of carboxylic acids is 1. The van der Waals surface area contributed by atoms with Crippen molar-refractivity contribution in [1.29, 1.82) is 0 Å². The Balaban J connectivity index is 2.28. The smallest absolute Gasteiger partial charge is 0.358 e. The fraction of sp³-hybridized carbons (Fsp3) is 0. The summed E-state index contributed by atoms with van der Waals surface area (Å²) < 4.78 is 0. The fourth-order valence-corrected chi connectivity index (χ4v) is 1.53. The second-order valence-electron chi connectivity index (χ2n) is 3.82. The summed E-state index contributed by atoms with van der Waals surface area (Å²) in [5.74, 6) is -2.30. The van der Waals surface area contributed by atoms with Gasteiger partial charge in [0.25, 0.3) is 11.6 Å². The number of carbonyl (C=O) groups excluding carboxylic acids is 1. The summed E-state index contributed by atoms with van der Waals surface area (Å²) in [5.41, 5.74) is -0.664. The average Bonchev–Trinajstić information content (AvgIpc) is 2.47. The minimum Gasteiger partial charge on any atom is -0.476 e. The third-order valence-electron chi connectivity index (χ3n) is 2.45. The van der Waals surface area contributed by atoms with E-state index < -0.39 is 22.5 Å². The van der Waals surface area contributed by atoms with Gasteiger partial charge < -0.3 is 10.4 Å². The second kappa shape index (κ2) is 5.74. The molecule has 0 aliphatic rings. The van der Waals surface area contributed by atoms with E-state index in [9.17, 15) is 19.7 Å². The van der Waals surface area contributed by atoms with Crippen LogP contribution in [-0.2, 0) is 0 Å².